The fraction of sp³-hybridized carbons (Fsp3) is 0.292. The van der Waals surface area contributed by atoms with Crippen molar-refractivity contribution in [1.82, 2.24) is 29.7 Å². The Labute approximate surface area is 208 Å². The van der Waals surface area contributed by atoms with Gasteiger partial charge in [-0.05, 0) is 31.2 Å². The lowest BCUT2D eigenvalue weighted by Gasteiger charge is -2.20. The van der Waals surface area contributed by atoms with Crippen molar-refractivity contribution in [2.24, 2.45) is 0 Å². The summed E-state index contributed by atoms with van der Waals surface area (Å²) in [7, 11) is -0.785. The second kappa shape index (κ2) is 10.4. The number of halogens is 1. The third kappa shape index (κ3) is 4.89. The number of ether oxygens (including phenoxy) is 2. The predicted molar refractivity (Wildman–Crippen MR) is 130 cm³/mol. The lowest BCUT2D eigenvalue weighted by molar-refractivity contribution is 0.390. The zero-order valence-electron chi connectivity index (χ0n) is 20.2. The standard InChI is InChI=1S/C24H25FN6O4S/c1-15(23-27-12-18(25)13-28-23)16(2)36(32,33)14-21-29-30-24(17-7-6-10-26-11-17)31(21)22-19(34-3)8-5-9-20(22)35-4/h5-13,15-16H,14H2,1-4H3/t15-,16-/m0/s1. The second-order valence-electron chi connectivity index (χ2n) is 8.09. The van der Waals surface area contributed by atoms with Crippen LogP contribution in [0.15, 0.2) is 55.1 Å². The molecule has 36 heavy (non-hydrogen) atoms. The van der Waals surface area contributed by atoms with E-state index in [9.17, 15) is 12.8 Å². The van der Waals surface area contributed by atoms with Gasteiger partial charge in [0.2, 0.25) is 0 Å². The molecule has 0 saturated carbocycles. The number of aromatic nitrogens is 6. The molecular formula is C24H25FN6O4S. The van der Waals surface area contributed by atoms with Gasteiger partial charge in [-0.2, -0.15) is 0 Å². The molecule has 0 saturated heterocycles. The van der Waals surface area contributed by atoms with Crippen molar-refractivity contribution in [1.29, 1.82) is 0 Å². The van der Waals surface area contributed by atoms with Crippen LogP contribution in [0.1, 0.15) is 31.4 Å². The molecule has 0 radical (unpaired) electrons. The number of rotatable bonds is 9. The summed E-state index contributed by atoms with van der Waals surface area (Å²) < 4.78 is 53.1. The summed E-state index contributed by atoms with van der Waals surface area (Å²) in [6.07, 6.45) is 5.27. The van der Waals surface area contributed by atoms with E-state index in [0.29, 0.717) is 28.6 Å². The zero-order valence-corrected chi connectivity index (χ0v) is 21.0. The molecule has 0 fully saturated rings. The lowest BCUT2D eigenvalue weighted by Crippen LogP contribution is -2.27. The molecule has 0 N–H and O–H groups in total. The first-order valence-electron chi connectivity index (χ1n) is 11.0. The molecule has 3 aromatic heterocycles. The Balaban J connectivity index is 1.81. The molecule has 0 unspecified atom stereocenters. The molecule has 2 atom stereocenters. The first-order valence-corrected chi connectivity index (χ1v) is 12.7. The quantitative estimate of drug-likeness (QED) is 0.332. The number of benzene rings is 1. The summed E-state index contributed by atoms with van der Waals surface area (Å²) in [5.41, 5.74) is 1.09. The van der Waals surface area contributed by atoms with Gasteiger partial charge in [0.05, 0.1) is 31.9 Å². The smallest absolute Gasteiger partial charge is 0.170 e. The van der Waals surface area contributed by atoms with Crippen LogP contribution in [0.3, 0.4) is 0 Å². The fourth-order valence-electron chi connectivity index (χ4n) is 3.77. The van der Waals surface area contributed by atoms with Gasteiger partial charge in [0.1, 0.15) is 28.8 Å². The van der Waals surface area contributed by atoms with Gasteiger partial charge < -0.3 is 9.47 Å². The summed E-state index contributed by atoms with van der Waals surface area (Å²) >= 11 is 0. The van der Waals surface area contributed by atoms with Crippen molar-refractivity contribution in [3.8, 4) is 28.6 Å². The molecule has 0 aliphatic carbocycles. The number of para-hydroxylation sites is 1. The molecule has 3 heterocycles. The molecule has 1 aromatic carbocycles. The molecule has 10 nitrogen and oxygen atoms in total. The van der Waals surface area contributed by atoms with Crippen molar-refractivity contribution in [2.45, 2.75) is 30.8 Å². The van der Waals surface area contributed by atoms with Gasteiger partial charge in [-0.3, -0.25) is 9.55 Å². The SMILES string of the molecule is COc1cccc(OC)c1-n1c(CS(=O)(=O)[C@@H](C)[C@H](C)c2ncc(F)cn2)nnc1-c1cccnc1. The Morgan fingerprint density at radius 3 is 2.22 bits per heavy atom. The molecule has 0 aliphatic rings. The van der Waals surface area contributed by atoms with Gasteiger partial charge in [-0.15, -0.1) is 10.2 Å². The highest BCUT2D eigenvalue weighted by atomic mass is 32.2. The average Bonchev–Trinajstić information content (AvgIpc) is 3.30. The molecule has 0 amide bonds. The van der Waals surface area contributed by atoms with Crippen LogP contribution in [0, 0.1) is 5.82 Å². The zero-order chi connectivity index (χ0) is 25.9. The van der Waals surface area contributed by atoms with Crippen LogP contribution in [0.5, 0.6) is 11.5 Å². The third-order valence-corrected chi connectivity index (χ3v) is 8.13. The maximum atomic E-state index is 13.5. The van der Waals surface area contributed by atoms with Crippen molar-refractivity contribution < 1.29 is 22.3 Å². The molecular weight excluding hydrogens is 487 g/mol. The number of nitrogens with zero attached hydrogens (tertiary/aromatic N) is 6. The van der Waals surface area contributed by atoms with E-state index in [0.717, 1.165) is 12.4 Å². The van der Waals surface area contributed by atoms with Crippen LogP contribution in [0.4, 0.5) is 4.39 Å². The Kier molecular flexibility index (Phi) is 7.25. The summed E-state index contributed by atoms with van der Waals surface area (Å²) in [6.45, 7) is 3.25. The van der Waals surface area contributed by atoms with Crippen LogP contribution in [-0.2, 0) is 15.6 Å². The molecule has 4 aromatic rings. The number of pyridine rings is 1. The summed E-state index contributed by atoms with van der Waals surface area (Å²) in [5.74, 6) is 0.0338. The van der Waals surface area contributed by atoms with E-state index >= 15 is 0 Å². The van der Waals surface area contributed by atoms with Crippen LogP contribution in [0.2, 0.25) is 0 Å². The van der Waals surface area contributed by atoms with E-state index in [1.54, 1.807) is 61.1 Å². The Morgan fingerprint density at radius 2 is 1.64 bits per heavy atom. The average molecular weight is 513 g/mol. The predicted octanol–water partition coefficient (Wildman–Crippen LogP) is 3.38. The van der Waals surface area contributed by atoms with Gasteiger partial charge >= 0.3 is 0 Å². The van der Waals surface area contributed by atoms with Crippen molar-refractivity contribution in [2.75, 3.05) is 14.2 Å². The minimum absolute atomic E-state index is 0.163. The normalized spacial score (nSPS) is 13.2. The summed E-state index contributed by atoms with van der Waals surface area (Å²) in [4.78, 5) is 12.1. The van der Waals surface area contributed by atoms with E-state index in [2.05, 4.69) is 25.1 Å². The molecule has 0 spiro atoms. The molecule has 4 rings (SSSR count). The van der Waals surface area contributed by atoms with Crippen LogP contribution >= 0.6 is 0 Å². The van der Waals surface area contributed by atoms with Crippen molar-refractivity contribution >= 4 is 9.84 Å². The third-order valence-electron chi connectivity index (χ3n) is 5.92. The number of hydrogen-bond acceptors (Lipinski definition) is 9. The van der Waals surface area contributed by atoms with Gasteiger partial charge in [0.15, 0.2) is 27.3 Å². The Bertz CT molecular complexity index is 1420. The summed E-state index contributed by atoms with van der Waals surface area (Å²) in [6, 6.07) is 8.78. The minimum Gasteiger partial charge on any atom is -0.494 e. The Hall–Kier alpha value is -3.93. The number of methoxy groups -OCH3 is 2. The lowest BCUT2D eigenvalue weighted by atomic mass is 10.1. The van der Waals surface area contributed by atoms with Crippen LogP contribution in [0.25, 0.3) is 17.1 Å². The highest BCUT2D eigenvalue weighted by molar-refractivity contribution is 7.91. The molecule has 12 heteroatoms. The maximum Gasteiger partial charge on any atom is 0.170 e. The van der Waals surface area contributed by atoms with Gasteiger partial charge in [0, 0.05) is 23.9 Å². The molecule has 0 bridgehead atoms. The van der Waals surface area contributed by atoms with Crippen molar-refractivity contribution in [3.63, 3.8) is 0 Å². The summed E-state index contributed by atoms with van der Waals surface area (Å²) in [5, 5.41) is 7.65. The Morgan fingerprint density at radius 1 is 0.972 bits per heavy atom. The minimum atomic E-state index is -3.80. The number of sulfone groups is 1. The highest BCUT2D eigenvalue weighted by Crippen LogP contribution is 2.37. The number of hydrogen-bond donors (Lipinski definition) is 0. The maximum absolute atomic E-state index is 13.5. The van der Waals surface area contributed by atoms with Crippen LogP contribution in [-0.4, -0.2) is 57.6 Å². The van der Waals surface area contributed by atoms with Crippen LogP contribution < -0.4 is 9.47 Å². The fourth-order valence-corrected chi connectivity index (χ4v) is 5.32. The van der Waals surface area contributed by atoms with E-state index in [1.165, 1.54) is 14.2 Å². The highest BCUT2D eigenvalue weighted by Gasteiger charge is 2.33. The van der Waals surface area contributed by atoms with Gasteiger partial charge in [0.25, 0.3) is 0 Å². The second-order valence-corrected chi connectivity index (χ2v) is 10.4. The van der Waals surface area contributed by atoms with E-state index in [-0.39, 0.29) is 11.6 Å². The largest absolute Gasteiger partial charge is 0.494 e. The monoisotopic (exact) mass is 512 g/mol. The van der Waals surface area contributed by atoms with E-state index in [4.69, 9.17) is 9.47 Å². The molecule has 188 valence electrons. The van der Waals surface area contributed by atoms with Crippen molar-refractivity contribution in [3.05, 3.63) is 72.6 Å². The first-order chi connectivity index (χ1) is 17.3. The topological polar surface area (TPSA) is 122 Å². The van der Waals surface area contributed by atoms with E-state index < -0.39 is 32.6 Å². The molecule has 0 aliphatic heterocycles. The van der Waals surface area contributed by atoms with E-state index in [1.807, 2.05) is 0 Å². The first kappa shape index (κ1) is 25.2. The van der Waals surface area contributed by atoms with Gasteiger partial charge in [-0.25, -0.2) is 22.8 Å². The van der Waals surface area contributed by atoms with Gasteiger partial charge in [-0.1, -0.05) is 13.0 Å².